The Morgan fingerprint density at radius 3 is 2.83 bits per heavy atom. The van der Waals surface area contributed by atoms with Crippen molar-refractivity contribution in [2.75, 3.05) is 6.54 Å². The summed E-state index contributed by atoms with van der Waals surface area (Å²) >= 11 is 0. The zero-order valence-corrected chi connectivity index (χ0v) is 13.4. The summed E-state index contributed by atoms with van der Waals surface area (Å²) in [4.78, 5) is 23.9. The van der Waals surface area contributed by atoms with Gasteiger partial charge in [0.1, 0.15) is 12.1 Å². The predicted molar refractivity (Wildman–Crippen MR) is 83.8 cm³/mol. The molecule has 0 aromatic carbocycles. The number of hydrogen-bond acceptors (Lipinski definition) is 4. The monoisotopic (exact) mass is 314 g/mol. The van der Waals surface area contributed by atoms with E-state index in [0.717, 1.165) is 25.3 Å². The van der Waals surface area contributed by atoms with Crippen LogP contribution < -0.4 is 0 Å². The van der Waals surface area contributed by atoms with Crippen LogP contribution in [0.5, 0.6) is 0 Å². The molecule has 0 N–H and O–H groups in total. The van der Waals surface area contributed by atoms with Gasteiger partial charge in [-0.15, -0.1) is 0 Å². The maximum absolute atomic E-state index is 13.0. The minimum absolute atomic E-state index is 0.0322. The van der Waals surface area contributed by atoms with E-state index in [9.17, 15) is 4.79 Å². The zero-order chi connectivity index (χ0) is 15.8. The van der Waals surface area contributed by atoms with Gasteiger partial charge in [-0.2, -0.15) is 0 Å². The van der Waals surface area contributed by atoms with E-state index in [1.165, 1.54) is 31.9 Å². The van der Waals surface area contributed by atoms with Crippen LogP contribution in [-0.2, 0) is 6.54 Å². The van der Waals surface area contributed by atoms with E-state index in [1.54, 1.807) is 6.92 Å². The third-order valence-corrected chi connectivity index (χ3v) is 5.09. The molecule has 1 aliphatic heterocycles. The van der Waals surface area contributed by atoms with Gasteiger partial charge in [0.25, 0.3) is 5.91 Å². The summed E-state index contributed by atoms with van der Waals surface area (Å²) in [7, 11) is 0. The molecule has 1 aliphatic carbocycles. The first-order valence-electron chi connectivity index (χ1n) is 8.48. The molecular weight excluding hydrogens is 292 g/mol. The molecule has 2 aromatic rings. The predicted octanol–water partition coefficient (Wildman–Crippen LogP) is 2.96. The van der Waals surface area contributed by atoms with Gasteiger partial charge >= 0.3 is 0 Å². The minimum Gasteiger partial charge on any atom is -0.448 e. The highest BCUT2D eigenvalue weighted by atomic mass is 16.3. The Bertz CT molecular complexity index is 699. The van der Waals surface area contributed by atoms with E-state index in [4.69, 9.17) is 4.42 Å². The highest BCUT2D eigenvalue weighted by molar-refractivity contribution is 5.92. The summed E-state index contributed by atoms with van der Waals surface area (Å²) in [5.74, 6) is 2.02. The molecule has 1 fully saturated rings. The highest BCUT2D eigenvalue weighted by Gasteiger charge is 2.38. The second kappa shape index (κ2) is 5.83. The van der Waals surface area contributed by atoms with Crippen molar-refractivity contribution in [1.29, 1.82) is 0 Å². The van der Waals surface area contributed by atoms with Crippen LogP contribution in [0.15, 0.2) is 23.1 Å². The lowest BCUT2D eigenvalue weighted by molar-refractivity contribution is 0.0597. The molecule has 0 saturated heterocycles. The van der Waals surface area contributed by atoms with Crippen LogP contribution in [0.1, 0.15) is 60.3 Å². The maximum Gasteiger partial charge on any atom is 0.276 e. The number of carbonyl (C=O) groups excluding carboxylic acids is 1. The lowest BCUT2D eigenvalue weighted by Crippen LogP contribution is -2.38. The largest absolute Gasteiger partial charge is 0.448 e. The number of carbonyl (C=O) groups is 1. The molecule has 1 unspecified atom stereocenters. The Balaban J connectivity index is 1.72. The van der Waals surface area contributed by atoms with Crippen molar-refractivity contribution in [1.82, 2.24) is 19.4 Å². The number of nitrogens with zero attached hydrogens (tertiary/aromatic N) is 4. The Hall–Kier alpha value is -2.11. The van der Waals surface area contributed by atoms with E-state index >= 15 is 0 Å². The van der Waals surface area contributed by atoms with Gasteiger partial charge in [-0.25, -0.2) is 9.97 Å². The number of imidazole rings is 1. The Labute approximate surface area is 135 Å². The smallest absolute Gasteiger partial charge is 0.276 e. The fourth-order valence-corrected chi connectivity index (χ4v) is 4.04. The van der Waals surface area contributed by atoms with E-state index in [-0.39, 0.29) is 11.9 Å². The van der Waals surface area contributed by atoms with E-state index < -0.39 is 0 Å². The summed E-state index contributed by atoms with van der Waals surface area (Å²) < 4.78 is 7.46. The van der Waals surface area contributed by atoms with Gasteiger partial charge in [0.05, 0.1) is 6.04 Å². The molecule has 1 atom stereocenters. The molecule has 6 nitrogen and oxygen atoms in total. The summed E-state index contributed by atoms with van der Waals surface area (Å²) in [6, 6.07) is 0.0551. The van der Waals surface area contributed by atoms with E-state index in [0.29, 0.717) is 17.5 Å². The van der Waals surface area contributed by atoms with Gasteiger partial charge in [-0.3, -0.25) is 4.79 Å². The van der Waals surface area contributed by atoms with Crippen molar-refractivity contribution in [2.24, 2.45) is 5.92 Å². The number of rotatable bonds is 2. The van der Waals surface area contributed by atoms with Crippen molar-refractivity contribution in [3.8, 4) is 0 Å². The van der Waals surface area contributed by atoms with Gasteiger partial charge in [0.15, 0.2) is 11.6 Å². The number of amides is 1. The molecular formula is C17H22N4O2. The van der Waals surface area contributed by atoms with Gasteiger partial charge in [-0.05, 0) is 25.2 Å². The fraction of sp³-hybridized carbons (Fsp3) is 0.588. The number of fused-ring (bicyclic) bond motifs is 1. The van der Waals surface area contributed by atoms with Crippen LogP contribution in [0.4, 0.5) is 0 Å². The Morgan fingerprint density at radius 2 is 2.09 bits per heavy atom. The molecule has 23 heavy (non-hydrogen) atoms. The van der Waals surface area contributed by atoms with E-state index in [1.807, 2.05) is 17.3 Å². The zero-order valence-electron chi connectivity index (χ0n) is 13.4. The van der Waals surface area contributed by atoms with Crippen LogP contribution in [0.25, 0.3) is 0 Å². The number of oxazole rings is 1. The Kier molecular flexibility index (Phi) is 3.67. The second-order valence-corrected chi connectivity index (χ2v) is 6.57. The van der Waals surface area contributed by atoms with Gasteiger partial charge in [0.2, 0.25) is 0 Å². The first-order chi connectivity index (χ1) is 11.2. The summed E-state index contributed by atoms with van der Waals surface area (Å²) in [5.41, 5.74) is 0.408. The van der Waals surface area contributed by atoms with Crippen LogP contribution in [-0.4, -0.2) is 31.9 Å². The second-order valence-electron chi connectivity index (χ2n) is 6.57. The van der Waals surface area contributed by atoms with Crippen LogP contribution in [0.2, 0.25) is 0 Å². The quantitative estimate of drug-likeness (QED) is 0.855. The lowest BCUT2D eigenvalue weighted by atomic mass is 9.95. The normalized spacial score (nSPS) is 22.1. The molecule has 122 valence electrons. The summed E-state index contributed by atoms with van der Waals surface area (Å²) in [6.45, 7) is 3.43. The van der Waals surface area contributed by atoms with Crippen molar-refractivity contribution in [2.45, 2.75) is 51.6 Å². The van der Waals surface area contributed by atoms with Gasteiger partial charge in [-0.1, -0.05) is 12.8 Å². The topological polar surface area (TPSA) is 64.2 Å². The van der Waals surface area contributed by atoms with E-state index in [2.05, 4.69) is 14.5 Å². The maximum atomic E-state index is 13.0. The molecule has 0 spiro atoms. The third-order valence-electron chi connectivity index (χ3n) is 5.09. The molecule has 2 aliphatic rings. The molecule has 1 saturated carbocycles. The average molecular weight is 314 g/mol. The van der Waals surface area contributed by atoms with Crippen molar-refractivity contribution < 1.29 is 9.21 Å². The summed E-state index contributed by atoms with van der Waals surface area (Å²) in [6.07, 6.45) is 11.1. The van der Waals surface area contributed by atoms with Crippen molar-refractivity contribution >= 4 is 5.91 Å². The SMILES string of the molecule is Cc1nc(C(=O)N2CCCn3ccnc3C2C2CCCC2)co1. The molecule has 1 amide bonds. The molecule has 3 heterocycles. The molecule has 6 heteroatoms. The number of hydrogen-bond donors (Lipinski definition) is 0. The van der Waals surface area contributed by atoms with Crippen molar-refractivity contribution in [3.05, 3.63) is 36.1 Å². The first kappa shape index (κ1) is 14.5. The molecule has 4 rings (SSSR count). The van der Waals surface area contributed by atoms with Crippen LogP contribution in [0.3, 0.4) is 0 Å². The summed E-state index contributed by atoms with van der Waals surface area (Å²) in [5, 5.41) is 0. The lowest BCUT2D eigenvalue weighted by Gasteiger charge is -2.33. The van der Waals surface area contributed by atoms with Crippen molar-refractivity contribution in [3.63, 3.8) is 0 Å². The third kappa shape index (κ3) is 2.56. The van der Waals surface area contributed by atoms with Gasteiger partial charge in [0, 0.05) is 32.4 Å². The Morgan fingerprint density at radius 1 is 1.26 bits per heavy atom. The molecule has 0 bridgehead atoms. The standard InChI is InChI=1S/C17H22N4O2/c1-12-19-14(11-23-12)17(22)21-9-4-8-20-10-7-18-16(20)15(21)13-5-2-3-6-13/h7,10-11,13,15H,2-6,8-9H2,1H3. The minimum atomic E-state index is -0.0322. The average Bonchev–Trinajstić information content (AvgIpc) is 3.27. The molecule has 2 aromatic heterocycles. The fourth-order valence-electron chi connectivity index (χ4n) is 4.04. The number of aromatic nitrogens is 3. The number of aryl methyl sites for hydroxylation is 2. The van der Waals surface area contributed by atoms with Gasteiger partial charge < -0.3 is 13.9 Å². The van der Waals surface area contributed by atoms with Crippen LogP contribution >= 0.6 is 0 Å². The van der Waals surface area contributed by atoms with Crippen LogP contribution in [0, 0.1) is 12.8 Å². The molecule has 0 radical (unpaired) electrons. The first-order valence-corrected chi connectivity index (χ1v) is 8.48. The highest BCUT2D eigenvalue weighted by Crippen LogP contribution is 2.40.